The molecule has 0 saturated carbocycles. The first-order chi connectivity index (χ1) is 7.90. The minimum atomic E-state index is -3.15. The fourth-order valence-electron chi connectivity index (χ4n) is 1.22. The molecule has 0 bridgehead atoms. The number of carbonyl (C=O) groups excluding carboxylic acids is 1. The van der Waals surface area contributed by atoms with Gasteiger partial charge in [-0.2, -0.15) is 0 Å². The number of methoxy groups -OCH3 is 1. The first-order valence-corrected chi connectivity index (χ1v) is 6.27. The third kappa shape index (κ3) is 2.92. The Kier molecular flexibility index (Phi) is 4.81. The summed E-state index contributed by atoms with van der Waals surface area (Å²) in [7, 11) is -1.65. The van der Waals surface area contributed by atoms with Crippen molar-refractivity contribution in [1.82, 2.24) is 0 Å². The summed E-state index contributed by atoms with van der Waals surface area (Å²) in [5.41, 5.74) is 0. The van der Waals surface area contributed by atoms with E-state index in [0.717, 1.165) is 19.3 Å². The highest BCUT2D eigenvalue weighted by atomic mass is 79.9. The first-order valence-electron chi connectivity index (χ1n) is 4.26. The lowest BCUT2D eigenvalue weighted by Gasteiger charge is -2.24. The fourth-order valence-corrected chi connectivity index (χ4v) is 2.79. The summed E-state index contributed by atoms with van der Waals surface area (Å²) in [6, 6.07) is 0. The predicted molar refractivity (Wildman–Crippen MR) is 60.8 cm³/mol. The van der Waals surface area contributed by atoms with Crippen LogP contribution in [0.4, 0.5) is 13.2 Å². The fraction of sp³-hybridized carbons (Fsp3) is 0.333. The molecule has 0 heterocycles. The molecule has 0 aromatic heterocycles. The van der Waals surface area contributed by atoms with E-state index in [-0.39, 0.29) is 9.35 Å². The van der Waals surface area contributed by atoms with Gasteiger partial charge < -0.3 is 8.95 Å². The normalized spacial score (nSPS) is 24.1. The van der Waals surface area contributed by atoms with E-state index in [1.54, 1.807) is 0 Å². The third-order valence-corrected chi connectivity index (χ3v) is 3.99. The van der Waals surface area contributed by atoms with Gasteiger partial charge in [-0.15, -0.1) is 4.86 Å². The van der Waals surface area contributed by atoms with Crippen molar-refractivity contribution >= 4 is 37.2 Å². The molecule has 0 radical (unpaired) electrons. The highest BCUT2D eigenvalue weighted by molar-refractivity contribution is 9.11. The van der Waals surface area contributed by atoms with Crippen molar-refractivity contribution in [2.45, 2.75) is 5.76 Å². The zero-order valence-electron chi connectivity index (χ0n) is 8.45. The van der Waals surface area contributed by atoms with Crippen LogP contribution in [0.3, 0.4) is 0 Å². The minimum Gasteiger partial charge on any atom is -0.468 e. The maximum atomic E-state index is 13.2. The zero-order valence-corrected chi connectivity index (χ0v) is 10.9. The standard InChI is InChI=1S/C9H7BrF3O3S/c1-16-8(14)6-5(17(15)9(12)13)3-2-4(11)7(6)10/h2-3,6,9H,1H3/q-1. The summed E-state index contributed by atoms with van der Waals surface area (Å²) in [5, 5.41) is 0. The second-order valence-corrected chi connectivity index (χ2v) is 5.22. The third-order valence-electron chi connectivity index (χ3n) is 1.99. The molecule has 0 saturated heterocycles. The van der Waals surface area contributed by atoms with Crippen LogP contribution < -0.4 is 0 Å². The largest absolute Gasteiger partial charge is 0.468 e. The van der Waals surface area contributed by atoms with Gasteiger partial charge in [0.25, 0.3) is 0 Å². The van der Waals surface area contributed by atoms with Crippen molar-refractivity contribution in [3.8, 4) is 0 Å². The van der Waals surface area contributed by atoms with Gasteiger partial charge >= 0.3 is 5.97 Å². The van der Waals surface area contributed by atoms with E-state index in [4.69, 9.17) is 0 Å². The van der Waals surface area contributed by atoms with Crippen molar-refractivity contribution in [3.63, 3.8) is 0 Å². The maximum Gasteiger partial charge on any atom is 0.316 e. The molecule has 0 spiro atoms. The molecule has 17 heavy (non-hydrogen) atoms. The molecule has 0 N–H and O–H groups in total. The van der Waals surface area contributed by atoms with Crippen LogP contribution in [0.2, 0.25) is 0 Å². The van der Waals surface area contributed by atoms with Gasteiger partial charge in [0.2, 0.25) is 0 Å². The molecular weight excluding hydrogens is 325 g/mol. The Morgan fingerprint density at radius 2 is 2.12 bits per heavy atom. The number of halogens is 4. The van der Waals surface area contributed by atoms with E-state index in [1.807, 2.05) is 0 Å². The van der Waals surface area contributed by atoms with Crippen molar-refractivity contribution in [3.05, 3.63) is 22.5 Å². The summed E-state index contributed by atoms with van der Waals surface area (Å²) in [6.45, 7) is 0. The Bertz CT molecular complexity index is 478. The van der Waals surface area contributed by atoms with Crippen LogP contribution in [0.1, 0.15) is 0 Å². The van der Waals surface area contributed by atoms with Gasteiger partial charge in [-0.05, 0) is 6.08 Å². The highest BCUT2D eigenvalue weighted by Gasteiger charge is 2.28. The van der Waals surface area contributed by atoms with Crippen LogP contribution in [-0.2, 0) is 24.1 Å². The van der Waals surface area contributed by atoms with Crippen molar-refractivity contribution in [1.29, 1.82) is 0 Å². The lowest BCUT2D eigenvalue weighted by molar-refractivity contribution is -0.141. The van der Waals surface area contributed by atoms with E-state index < -0.39 is 33.9 Å². The summed E-state index contributed by atoms with van der Waals surface area (Å²) in [6.07, 6.45) is 1.77. The van der Waals surface area contributed by atoms with Crippen LogP contribution in [-0.4, -0.2) is 23.7 Å². The maximum absolute atomic E-state index is 13.2. The molecule has 0 aromatic rings. The predicted octanol–water partition coefficient (Wildman–Crippen LogP) is 2.28. The molecule has 96 valence electrons. The van der Waals surface area contributed by atoms with Crippen LogP contribution in [0.15, 0.2) is 22.5 Å². The Labute approximate surface area is 105 Å². The summed E-state index contributed by atoms with van der Waals surface area (Å²) >= 11 is 2.77. The van der Waals surface area contributed by atoms with Gasteiger partial charge in [0.1, 0.15) is 5.83 Å². The Morgan fingerprint density at radius 1 is 1.53 bits per heavy atom. The zero-order chi connectivity index (χ0) is 13.2. The molecule has 0 aromatic carbocycles. The van der Waals surface area contributed by atoms with E-state index in [1.165, 1.54) is 0 Å². The average molecular weight is 332 g/mol. The SMILES string of the molecule is COC(=O)C1C(Br)=C(F)C=CC1=[S-](=O)C(F)F. The van der Waals surface area contributed by atoms with Crippen LogP contribution in [0.25, 0.3) is 0 Å². The van der Waals surface area contributed by atoms with Gasteiger partial charge in [0.15, 0.2) is 5.76 Å². The molecule has 1 unspecified atom stereocenters. The quantitative estimate of drug-likeness (QED) is 0.443. The van der Waals surface area contributed by atoms with Gasteiger partial charge in [0, 0.05) is 4.48 Å². The van der Waals surface area contributed by atoms with Gasteiger partial charge in [0.05, 0.1) is 13.0 Å². The van der Waals surface area contributed by atoms with Crippen LogP contribution >= 0.6 is 15.9 Å². The summed E-state index contributed by atoms with van der Waals surface area (Å²) in [5.74, 6) is -6.33. The molecule has 3 nitrogen and oxygen atoms in total. The van der Waals surface area contributed by atoms with Crippen molar-refractivity contribution in [2.75, 3.05) is 7.11 Å². The molecule has 1 aliphatic rings. The second-order valence-electron chi connectivity index (χ2n) is 2.95. The molecule has 0 aliphatic heterocycles. The summed E-state index contributed by atoms with van der Waals surface area (Å²) in [4.78, 5) is 11.0. The average Bonchev–Trinajstić information content (AvgIpc) is 2.30. The number of hydrogen-bond donors (Lipinski definition) is 0. The van der Waals surface area contributed by atoms with E-state index in [2.05, 4.69) is 20.7 Å². The molecule has 1 aliphatic carbocycles. The van der Waals surface area contributed by atoms with Gasteiger partial charge in [-0.1, -0.05) is 22.0 Å². The molecule has 1 atom stereocenters. The summed E-state index contributed by atoms with van der Waals surface area (Å²) < 4.78 is 53.3. The van der Waals surface area contributed by atoms with Crippen molar-refractivity contribution in [2.24, 2.45) is 5.92 Å². The second kappa shape index (κ2) is 5.72. The molecule has 8 heteroatoms. The van der Waals surface area contributed by atoms with Gasteiger partial charge in [-0.3, -0.25) is 4.79 Å². The number of esters is 1. The van der Waals surface area contributed by atoms with Crippen LogP contribution in [0, 0.1) is 5.92 Å². The number of alkyl halides is 2. The molecular formula is C9H7BrF3O3S-. The Balaban J connectivity index is 3.35. The van der Waals surface area contributed by atoms with Crippen LogP contribution in [0.5, 0.6) is 0 Å². The Morgan fingerprint density at radius 3 is 2.59 bits per heavy atom. The lowest BCUT2D eigenvalue weighted by Crippen LogP contribution is -2.29. The van der Waals surface area contributed by atoms with E-state index in [0.29, 0.717) is 0 Å². The molecule has 0 fully saturated rings. The molecule has 0 amide bonds. The number of rotatable bonds is 2. The highest BCUT2D eigenvalue weighted by Crippen LogP contribution is 2.31. The first kappa shape index (κ1) is 14.3. The number of hydrogen-bond acceptors (Lipinski definition) is 4. The van der Waals surface area contributed by atoms with Gasteiger partial charge in [-0.25, -0.2) is 23.6 Å². The number of ether oxygens (including phenoxy) is 1. The molecule has 1 rings (SSSR count). The Hall–Kier alpha value is -0.760. The van der Waals surface area contributed by atoms with E-state index >= 15 is 0 Å². The minimum absolute atomic E-state index is 0.268. The number of allylic oxidation sites excluding steroid dienone is 3. The monoisotopic (exact) mass is 331 g/mol. The smallest absolute Gasteiger partial charge is 0.316 e. The topological polar surface area (TPSA) is 43.4 Å². The lowest BCUT2D eigenvalue weighted by atomic mass is 10.0. The van der Waals surface area contributed by atoms with Crippen molar-refractivity contribution < 1.29 is 26.9 Å². The van der Waals surface area contributed by atoms with E-state index in [9.17, 15) is 22.2 Å². The number of carbonyl (C=O) groups is 1.